The monoisotopic (exact) mass is 342 g/mol. The van der Waals surface area contributed by atoms with E-state index < -0.39 is 20.2 Å². The molecule has 0 aliphatic carbocycles. The van der Waals surface area contributed by atoms with Gasteiger partial charge in [0, 0.05) is 6.61 Å². The van der Waals surface area contributed by atoms with Crippen LogP contribution in [-0.2, 0) is 9.22 Å². The Bertz CT molecular complexity index is 623. The third-order valence-corrected chi connectivity index (χ3v) is 9.39. The lowest BCUT2D eigenvalue weighted by molar-refractivity contribution is -0.142. The lowest BCUT2D eigenvalue weighted by Gasteiger charge is -2.43. The van der Waals surface area contributed by atoms with E-state index in [1.165, 1.54) is 10.4 Å². The highest BCUT2D eigenvalue weighted by atomic mass is 28.4. The van der Waals surface area contributed by atoms with Crippen LogP contribution in [0.5, 0.6) is 0 Å². The summed E-state index contributed by atoms with van der Waals surface area (Å²) in [7, 11) is -2.62. The summed E-state index contributed by atoms with van der Waals surface area (Å²) in [6, 6.07) is 20.5. The minimum absolute atomic E-state index is 0.131. The Morgan fingerprint density at radius 1 is 1.00 bits per heavy atom. The molecule has 4 heteroatoms. The van der Waals surface area contributed by atoms with Gasteiger partial charge in [-0.25, -0.2) is 0 Å². The van der Waals surface area contributed by atoms with Crippen molar-refractivity contribution in [3.8, 4) is 0 Å². The van der Waals surface area contributed by atoms with Gasteiger partial charge in [-0.1, -0.05) is 81.4 Å². The molecule has 0 saturated heterocycles. The number of carboxylic acids is 1. The molecule has 0 aliphatic heterocycles. The molecule has 1 atom stereocenters. The zero-order valence-electron chi connectivity index (χ0n) is 14.8. The number of aliphatic carboxylic acids is 1. The quantitative estimate of drug-likeness (QED) is 0.820. The molecule has 0 unspecified atom stereocenters. The van der Waals surface area contributed by atoms with Gasteiger partial charge in [-0.05, 0) is 22.3 Å². The highest BCUT2D eigenvalue weighted by molar-refractivity contribution is 6.99. The van der Waals surface area contributed by atoms with E-state index in [9.17, 15) is 9.90 Å². The first-order valence-corrected chi connectivity index (χ1v) is 10.2. The topological polar surface area (TPSA) is 46.5 Å². The van der Waals surface area contributed by atoms with E-state index in [0.717, 1.165) is 0 Å². The number of hydrogen-bond donors (Lipinski definition) is 1. The second-order valence-electron chi connectivity index (χ2n) is 7.21. The maximum absolute atomic E-state index is 11.3. The standard InChI is InChI=1S/C20H26O3Si/c1-16(19(21)22)15-23-24(20(2,3)4,17-11-7-5-8-12-17)18-13-9-6-10-14-18/h5-14,16H,15H2,1-4H3,(H,21,22)/t16-/m1/s1. The molecule has 24 heavy (non-hydrogen) atoms. The molecule has 0 bridgehead atoms. The van der Waals surface area contributed by atoms with E-state index in [2.05, 4.69) is 45.0 Å². The smallest absolute Gasteiger partial charge is 0.308 e. The Kier molecular flexibility index (Phi) is 5.62. The summed E-state index contributed by atoms with van der Waals surface area (Å²) in [6.45, 7) is 8.46. The summed E-state index contributed by atoms with van der Waals surface area (Å²) in [5, 5.41) is 11.5. The van der Waals surface area contributed by atoms with Crippen LogP contribution in [0.4, 0.5) is 0 Å². The highest BCUT2D eigenvalue weighted by Crippen LogP contribution is 2.36. The summed E-state index contributed by atoms with van der Waals surface area (Å²) in [4.78, 5) is 11.3. The Balaban J connectivity index is 2.59. The van der Waals surface area contributed by atoms with Gasteiger partial charge in [-0.15, -0.1) is 0 Å². The first kappa shape index (κ1) is 18.4. The van der Waals surface area contributed by atoms with Crippen molar-refractivity contribution >= 4 is 24.7 Å². The minimum Gasteiger partial charge on any atom is -0.481 e. The zero-order valence-corrected chi connectivity index (χ0v) is 15.8. The largest absolute Gasteiger partial charge is 0.481 e. The van der Waals surface area contributed by atoms with Crippen molar-refractivity contribution in [1.29, 1.82) is 0 Å². The normalized spacial score (nSPS) is 13.5. The average Bonchev–Trinajstić information content (AvgIpc) is 2.56. The van der Waals surface area contributed by atoms with Gasteiger partial charge in [0.1, 0.15) is 0 Å². The molecule has 2 aromatic rings. The van der Waals surface area contributed by atoms with E-state index >= 15 is 0 Å². The van der Waals surface area contributed by atoms with Crippen molar-refractivity contribution in [2.24, 2.45) is 5.92 Å². The van der Waals surface area contributed by atoms with Crippen molar-refractivity contribution in [3.05, 3.63) is 60.7 Å². The van der Waals surface area contributed by atoms with E-state index in [1.807, 2.05) is 36.4 Å². The molecule has 0 aromatic heterocycles. The van der Waals surface area contributed by atoms with Crippen LogP contribution >= 0.6 is 0 Å². The minimum atomic E-state index is -2.62. The molecule has 0 spiro atoms. The van der Waals surface area contributed by atoms with Gasteiger partial charge in [0.15, 0.2) is 0 Å². The average molecular weight is 343 g/mol. The third-order valence-electron chi connectivity index (χ3n) is 4.39. The van der Waals surface area contributed by atoms with E-state index in [0.29, 0.717) is 0 Å². The van der Waals surface area contributed by atoms with Crippen LogP contribution in [-0.4, -0.2) is 26.0 Å². The number of carbonyl (C=O) groups is 1. The lowest BCUT2D eigenvalue weighted by atomic mass is 10.2. The van der Waals surface area contributed by atoms with Crippen molar-refractivity contribution < 1.29 is 14.3 Å². The fourth-order valence-electron chi connectivity index (χ4n) is 3.08. The van der Waals surface area contributed by atoms with Gasteiger partial charge in [-0.2, -0.15) is 0 Å². The van der Waals surface area contributed by atoms with Crippen molar-refractivity contribution in [3.63, 3.8) is 0 Å². The zero-order chi connectivity index (χ0) is 17.8. The van der Waals surface area contributed by atoms with E-state index in [4.69, 9.17) is 4.43 Å². The van der Waals surface area contributed by atoms with Gasteiger partial charge < -0.3 is 9.53 Å². The Hall–Kier alpha value is -1.91. The van der Waals surface area contributed by atoms with Crippen LogP contribution < -0.4 is 10.4 Å². The Morgan fingerprint density at radius 3 is 1.75 bits per heavy atom. The third kappa shape index (κ3) is 3.60. The van der Waals surface area contributed by atoms with Crippen LogP contribution in [0.15, 0.2) is 60.7 Å². The molecule has 128 valence electrons. The fraction of sp³-hybridized carbons (Fsp3) is 0.350. The number of benzene rings is 2. The molecule has 1 N–H and O–H groups in total. The van der Waals surface area contributed by atoms with Crippen LogP contribution in [0.2, 0.25) is 5.04 Å². The fourth-order valence-corrected chi connectivity index (χ4v) is 7.74. The summed E-state index contributed by atoms with van der Waals surface area (Å²) in [5.74, 6) is -1.36. The molecule has 3 nitrogen and oxygen atoms in total. The molecule has 0 radical (unpaired) electrons. The summed E-state index contributed by atoms with van der Waals surface area (Å²) >= 11 is 0. The van der Waals surface area contributed by atoms with Gasteiger partial charge >= 0.3 is 5.97 Å². The van der Waals surface area contributed by atoms with Crippen molar-refractivity contribution in [2.45, 2.75) is 32.7 Å². The second kappa shape index (κ2) is 7.32. The maximum Gasteiger partial charge on any atom is 0.308 e. The maximum atomic E-state index is 11.3. The summed E-state index contributed by atoms with van der Waals surface area (Å²) in [5.41, 5.74) is 0. The van der Waals surface area contributed by atoms with Crippen LogP contribution in [0.1, 0.15) is 27.7 Å². The molecule has 2 aromatic carbocycles. The molecule has 0 fully saturated rings. The number of rotatable bonds is 6. The molecule has 2 rings (SSSR count). The van der Waals surface area contributed by atoms with Crippen LogP contribution in [0.3, 0.4) is 0 Å². The van der Waals surface area contributed by atoms with Crippen LogP contribution in [0, 0.1) is 5.92 Å². The molecular weight excluding hydrogens is 316 g/mol. The second-order valence-corrected chi connectivity index (χ2v) is 11.5. The summed E-state index contributed by atoms with van der Waals surface area (Å²) < 4.78 is 6.55. The molecule has 0 amide bonds. The molecule has 0 heterocycles. The molecular formula is C20H26O3Si. The Morgan fingerprint density at radius 2 is 1.42 bits per heavy atom. The van der Waals surface area contributed by atoms with Gasteiger partial charge in [-0.3, -0.25) is 4.79 Å². The predicted octanol–water partition coefficient (Wildman–Crippen LogP) is 3.28. The van der Waals surface area contributed by atoms with Gasteiger partial charge in [0.05, 0.1) is 5.92 Å². The first-order valence-electron chi connectivity index (χ1n) is 8.27. The predicted molar refractivity (Wildman–Crippen MR) is 100 cm³/mol. The van der Waals surface area contributed by atoms with Crippen molar-refractivity contribution in [2.75, 3.05) is 6.61 Å². The van der Waals surface area contributed by atoms with Crippen molar-refractivity contribution in [1.82, 2.24) is 0 Å². The Labute approximate surface area is 145 Å². The van der Waals surface area contributed by atoms with E-state index in [-0.39, 0.29) is 11.6 Å². The summed E-state index contributed by atoms with van der Waals surface area (Å²) in [6.07, 6.45) is 0. The number of hydrogen-bond acceptors (Lipinski definition) is 2. The van der Waals surface area contributed by atoms with Crippen LogP contribution in [0.25, 0.3) is 0 Å². The highest BCUT2D eigenvalue weighted by Gasteiger charge is 2.50. The molecule has 0 aliphatic rings. The van der Waals surface area contributed by atoms with Gasteiger partial charge in [0.25, 0.3) is 8.32 Å². The SMILES string of the molecule is C[C@H](CO[Si](c1ccccc1)(c1ccccc1)C(C)(C)C)C(=O)O. The van der Waals surface area contributed by atoms with Gasteiger partial charge in [0.2, 0.25) is 0 Å². The lowest BCUT2D eigenvalue weighted by Crippen LogP contribution is -2.67. The van der Waals surface area contributed by atoms with E-state index in [1.54, 1.807) is 6.92 Å². The first-order chi connectivity index (χ1) is 11.3. The number of carboxylic acid groups (broad SMARTS) is 1. The molecule has 0 saturated carbocycles.